The lowest BCUT2D eigenvalue weighted by molar-refractivity contribution is 1.12. The second-order valence-electron chi connectivity index (χ2n) is 4.18. The van der Waals surface area contributed by atoms with Gasteiger partial charge in [0.15, 0.2) is 0 Å². The van der Waals surface area contributed by atoms with Crippen molar-refractivity contribution in [3.63, 3.8) is 0 Å². The van der Waals surface area contributed by atoms with E-state index in [1.807, 2.05) is 19.1 Å². The van der Waals surface area contributed by atoms with Gasteiger partial charge in [0.2, 0.25) is 5.95 Å². The zero-order chi connectivity index (χ0) is 12.4. The molecule has 1 aromatic carbocycles. The quantitative estimate of drug-likeness (QED) is 0.829. The molecule has 0 aliphatic heterocycles. The number of benzene rings is 1. The molecule has 0 amide bonds. The first kappa shape index (κ1) is 11.4. The van der Waals surface area contributed by atoms with Gasteiger partial charge in [-0.05, 0) is 44.0 Å². The van der Waals surface area contributed by atoms with Crippen molar-refractivity contribution in [3.8, 4) is 0 Å². The number of rotatable bonds is 2. The summed E-state index contributed by atoms with van der Waals surface area (Å²) in [7, 11) is 0. The molecular formula is C13H16N4. The number of anilines is 3. The third kappa shape index (κ3) is 2.72. The lowest BCUT2D eigenvalue weighted by atomic mass is 10.1. The van der Waals surface area contributed by atoms with E-state index in [9.17, 15) is 0 Å². The summed E-state index contributed by atoms with van der Waals surface area (Å²) < 4.78 is 0. The molecule has 4 nitrogen and oxygen atoms in total. The fraction of sp³-hybridized carbons (Fsp3) is 0.231. The average molecular weight is 228 g/mol. The maximum absolute atomic E-state index is 5.60. The van der Waals surface area contributed by atoms with Crippen molar-refractivity contribution in [1.29, 1.82) is 0 Å². The molecule has 1 aromatic heterocycles. The van der Waals surface area contributed by atoms with Crippen LogP contribution >= 0.6 is 0 Å². The highest BCUT2D eigenvalue weighted by molar-refractivity contribution is 5.58. The normalized spacial score (nSPS) is 10.3. The standard InChI is InChI=1S/C13H16N4/c1-8-4-5-11(6-9(8)2)16-12-7-10(3)15-13(14)17-12/h4-7H,1-3H3,(H3,14,15,16,17). The van der Waals surface area contributed by atoms with Gasteiger partial charge in [-0.25, -0.2) is 4.98 Å². The Morgan fingerprint density at radius 1 is 1.00 bits per heavy atom. The largest absolute Gasteiger partial charge is 0.368 e. The molecule has 0 saturated heterocycles. The van der Waals surface area contributed by atoms with E-state index in [1.54, 1.807) is 0 Å². The summed E-state index contributed by atoms with van der Waals surface area (Å²) in [6.45, 7) is 6.07. The van der Waals surface area contributed by atoms with Crippen molar-refractivity contribution in [2.24, 2.45) is 0 Å². The summed E-state index contributed by atoms with van der Waals surface area (Å²) >= 11 is 0. The summed E-state index contributed by atoms with van der Waals surface area (Å²) in [5, 5.41) is 3.22. The van der Waals surface area contributed by atoms with E-state index in [2.05, 4.69) is 41.3 Å². The molecule has 1 heterocycles. The first-order valence-corrected chi connectivity index (χ1v) is 5.50. The van der Waals surface area contributed by atoms with Crippen molar-refractivity contribution in [3.05, 3.63) is 41.1 Å². The zero-order valence-electron chi connectivity index (χ0n) is 10.3. The highest BCUT2D eigenvalue weighted by Gasteiger charge is 2.01. The number of aryl methyl sites for hydroxylation is 3. The fourth-order valence-corrected chi connectivity index (χ4v) is 1.62. The van der Waals surface area contributed by atoms with Crippen molar-refractivity contribution in [2.75, 3.05) is 11.1 Å². The van der Waals surface area contributed by atoms with Crippen molar-refractivity contribution >= 4 is 17.5 Å². The summed E-state index contributed by atoms with van der Waals surface area (Å²) in [5.74, 6) is 1.01. The molecule has 17 heavy (non-hydrogen) atoms. The molecule has 4 heteroatoms. The van der Waals surface area contributed by atoms with Crippen LogP contribution < -0.4 is 11.1 Å². The van der Waals surface area contributed by atoms with Gasteiger partial charge in [0, 0.05) is 17.4 Å². The Morgan fingerprint density at radius 2 is 1.76 bits per heavy atom. The van der Waals surface area contributed by atoms with E-state index in [-0.39, 0.29) is 5.95 Å². The molecule has 0 bridgehead atoms. The van der Waals surface area contributed by atoms with Gasteiger partial charge in [0.25, 0.3) is 0 Å². The first-order chi connectivity index (χ1) is 8.04. The van der Waals surface area contributed by atoms with Crippen LogP contribution in [-0.4, -0.2) is 9.97 Å². The molecule has 0 spiro atoms. The van der Waals surface area contributed by atoms with E-state index in [0.29, 0.717) is 0 Å². The van der Waals surface area contributed by atoms with Crippen LogP contribution in [0.1, 0.15) is 16.8 Å². The van der Waals surface area contributed by atoms with E-state index >= 15 is 0 Å². The Morgan fingerprint density at radius 3 is 2.41 bits per heavy atom. The molecule has 3 N–H and O–H groups in total. The third-order valence-electron chi connectivity index (χ3n) is 2.65. The van der Waals surface area contributed by atoms with Crippen molar-refractivity contribution in [2.45, 2.75) is 20.8 Å². The van der Waals surface area contributed by atoms with Gasteiger partial charge in [-0.15, -0.1) is 0 Å². The van der Waals surface area contributed by atoms with E-state index in [0.717, 1.165) is 17.2 Å². The average Bonchev–Trinajstić information content (AvgIpc) is 2.22. The smallest absolute Gasteiger partial charge is 0.222 e. The Balaban J connectivity index is 2.28. The second kappa shape index (κ2) is 4.41. The van der Waals surface area contributed by atoms with Crippen molar-refractivity contribution in [1.82, 2.24) is 9.97 Å². The van der Waals surface area contributed by atoms with Gasteiger partial charge in [-0.2, -0.15) is 4.98 Å². The predicted octanol–water partition coefficient (Wildman–Crippen LogP) is 2.73. The van der Waals surface area contributed by atoms with E-state index < -0.39 is 0 Å². The number of hydrogen-bond donors (Lipinski definition) is 2. The number of nitrogens with one attached hydrogen (secondary N) is 1. The predicted molar refractivity (Wildman–Crippen MR) is 70.4 cm³/mol. The molecule has 0 aliphatic rings. The lowest BCUT2D eigenvalue weighted by Crippen LogP contribution is -2.01. The van der Waals surface area contributed by atoms with Crippen LogP contribution in [0.5, 0.6) is 0 Å². The number of nitrogen functional groups attached to an aromatic ring is 1. The number of hydrogen-bond acceptors (Lipinski definition) is 4. The fourth-order valence-electron chi connectivity index (χ4n) is 1.62. The van der Waals surface area contributed by atoms with Crippen LogP contribution in [0.25, 0.3) is 0 Å². The van der Waals surface area contributed by atoms with Crippen LogP contribution in [0.3, 0.4) is 0 Å². The summed E-state index contributed by atoms with van der Waals surface area (Å²) in [5.41, 5.74) is 9.98. The molecule has 0 aliphatic carbocycles. The highest BCUT2D eigenvalue weighted by atomic mass is 15.1. The summed E-state index contributed by atoms with van der Waals surface area (Å²) in [6.07, 6.45) is 0. The van der Waals surface area contributed by atoms with E-state index in [1.165, 1.54) is 11.1 Å². The number of nitrogens with two attached hydrogens (primary N) is 1. The molecule has 2 aromatic rings. The zero-order valence-corrected chi connectivity index (χ0v) is 10.3. The third-order valence-corrected chi connectivity index (χ3v) is 2.65. The maximum Gasteiger partial charge on any atom is 0.222 e. The highest BCUT2D eigenvalue weighted by Crippen LogP contribution is 2.19. The summed E-state index contributed by atoms with van der Waals surface area (Å²) in [6, 6.07) is 8.06. The minimum absolute atomic E-state index is 0.288. The van der Waals surface area contributed by atoms with Gasteiger partial charge in [0.05, 0.1) is 0 Å². The van der Waals surface area contributed by atoms with Crippen LogP contribution in [0.4, 0.5) is 17.5 Å². The Bertz CT molecular complexity index is 529. The Hall–Kier alpha value is -2.10. The lowest BCUT2D eigenvalue weighted by Gasteiger charge is -2.08. The monoisotopic (exact) mass is 228 g/mol. The molecule has 0 atom stereocenters. The van der Waals surface area contributed by atoms with Crippen LogP contribution in [-0.2, 0) is 0 Å². The van der Waals surface area contributed by atoms with Crippen LogP contribution in [0, 0.1) is 20.8 Å². The Kier molecular flexibility index (Phi) is 2.95. The molecule has 0 saturated carbocycles. The Labute approximate surface area is 101 Å². The van der Waals surface area contributed by atoms with Gasteiger partial charge in [-0.1, -0.05) is 6.07 Å². The van der Waals surface area contributed by atoms with Crippen LogP contribution in [0.15, 0.2) is 24.3 Å². The van der Waals surface area contributed by atoms with E-state index in [4.69, 9.17) is 5.73 Å². The molecule has 2 rings (SSSR count). The maximum atomic E-state index is 5.60. The van der Waals surface area contributed by atoms with Crippen molar-refractivity contribution < 1.29 is 0 Å². The van der Waals surface area contributed by atoms with Crippen LogP contribution in [0.2, 0.25) is 0 Å². The van der Waals surface area contributed by atoms with Gasteiger partial charge in [-0.3, -0.25) is 0 Å². The van der Waals surface area contributed by atoms with Gasteiger partial charge >= 0.3 is 0 Å². The van der Waals surface area contributed by atoms with Gasteiger partial charge < -0.3 is 11.1 Å². The molecule has 88 valence electrons. The van der Waals surface area contributed by atoms with Gasteiger partial charge in [0.1, 0.15) is 5.82 Å². The molecule has 0 unspecified atom stereocenters. The summed E-state index contributed by atoms with van der Waals surface area (Å²) in [4.78, 5) is 8.17. The minimum Gasteiger partial charge on any atom is -0.368 e. The topological polar surface area (TPSA) is 63.8 Å². The second-order valence-corrected chi connectivity index (χ2v) is 4.18. The molecule has 0 fully saturated rings. The molecular weight excluding hydrogens is 212 g/mol. The number of nitrogens with zero attached hydrogens (tertiary/aromatic N) is 2. The SMILES string of the molecule is Cc1cc(Nc2ccc(C)c(C)c2)nc(N)n1. The molecule has 0 radical (unpaired) electrons. The number of aromatic nitrogens is 2. The first-order valence-electron chi connectivity index (χ1n) is 5.50. The minimum atomic E-state index is 0.288.